The molecule has 0 unspecified atom stereocenters. The first kappa shape index (κ1) is 21.4. The van der Waals surface area contributed by atoms with Crippen LogP contribution in [-0.2, 0) is 17.5 Å². The summed E-state index contributed by atoms with van der Waals surface area (Å²) in [6.45, 7) is -0.387. The lowest BCUT2D eigenvalue weighted by atomic mass is 9.91. The molecule has 5 rings (SSSR count). The van der Waals surface area contributed by atoms with Crippen molar-refractivity contribution in [2.24, 2.45) is 5.92 Å². The number of benzene rings is 2. The summed E-state index contributed by atoms with van der Waals surface area (Å²) in [6.07, 6.45) is -2.30. The summed E-state index contributed by atoms with van der Waals surface area (Å²) in [6, 6.07) is 6.55. The van der Waals surface area contributed by atoms with E-state index in [-0.39, 0.29) is 48.4 Å². The SMILES string of the molecule is O=C1Nc2ccc(F)c(F)c2CN1CC(=O)N1C[C@H]2C[C@@H]1C=C2c1ccccc1C(F)(F)F. The molecule has 0 saturated carbocycles. The number of fused-ring (bicyclic) bond motifs is 3. The normalized spacial score (nSPS) is 21.7. The highest BCUT2D eigenvalue weighted by Crippen LogP contribution is 2.46. The number of halogens is 5. The molecule has 1 saturated heterocycles. The predicted octanol–water partition coefficient (Wildman–Crippen LogP) is 4.65. The number of likely N-dealkylation sites (tertiary alicyclic amines) is 1. The number of nitrogens with zero attached hydrogens (tertiary/aromatic N) is 2. The van der Waals surface area contributed by atoms with Crippen LogP contribution in [0.2, 0.25) is 0 Å². The topological polar surface area (TPSA) is 52.7 Å². The Balaban J connectivity index is 1.32. The van der Waals surface area contributed by atoms with Crippen LogP contribution in [0.1, 0.15) is 23.1 Å². The minimum atomic E-state index is -4.48. The van der Waals surface area contributed by atoms with Gasteiger partial charge in [0.25, 0.3) is 0 Å². The van der Waals surface area contributed by atoms with E-state index in [0.717, 1.165) is 17.0 Å². The first-order valence-electron chi connectivity index (χ1n) is 10.3. The Kier molecular flexibility index (Phi) is 4.91. The minimum absolute atomic E-state index is 0.0451. The molecular weight excluding hydrogens is 445 g/mol. The van der Waals surface area contributed by atoms with Gasteiger partial charge in [-0.25, -0.2) is 13.6 Å². The number of nitrogens with one attached hydrogen (secondary N) is 1. The molecule has 172 valence electrons. The molecule has 33 heavy (non-hydrogen) atoms. The molecule has 3 amide bonds. The fraction of sp³-hybridized carbons (Fsp3) is 0.304. The summed E-state index contributed by atoms with van der Waals surface area (Å²) in [7, 11) is 0. The zero-order valence-electron chi connectivity index (χ0n) is 17.1. The lowest BCUT2D eigenvalue weighted by Gasteiger charge is -2.32. The highest BCUT2D eigenvalue weighted by molar-refractivity contribution is 5.95. The molecule has 0 aromatic heterocycles. The molecule has 2 aromatic carbocycles. The Morgan fingerprint density at radius 3 is 2.58 bits per heavy atom. The third-order valence-electron chi connectivity index (χ3n) is 6.42. The summed E-state index contributed by atoms with van der Waals surface area (Å²) in [5.41, 5.74) is 0.0860. The molecule has 1 aliphatic carbocycles. The Morgan fingerprint density at radius 1 is 1.12 bits per heavy atom. The number of carbonyl (C=O) groups excluding carboxylic acids is 2. The molecule has 10 heteroatoms. The zero-order chi connectivity index (χ0) is 23.5. The van der Waals surface area contributed by atoms with Crippen LogP contribution < -0.4 is 5.32 Å². The van der Waals surface area contributed by atoms with Crippen LogP contribution in [0.3, 0.4) is 0 Å². The number of amides is 3. The maximum atomic E-state index is 14.1. The van der Waals surface area contributed by atoms with Gasteiger partial charge in [0, 0.05) is 18.0 Å². The first-order chi connectivity index (χ1) is 15.6. The molecular formula is C23H18F5N3O2. The fourth-order valence-electron chi connectivity index (χ4n) is 4.87. The number of hydrogen-bond donors (Lipinski definition) is 1. The predicted molar refractivity (Wildman–Crippen MR) is 109 cm³/mol. The Morgan fingerprint density at radius 2 is 1.88 bits per heavy atom. The van der Waals surface area contributed by atoms with Gasteiger partial charge in [0.15, 0.2) is 11.6 Å². The van der Waals surface area contributed by atoms with Crippen LogP contribution in [-0.4, -0.2) is 40.9 Å². The van der Waals surface area contributed by atoms with Crippen LogP contribution in [0, 0.1) is 17.6 Å². The van der Waals surface area contributed by atoms with Gasteiger partial charge in [-0.05, 0) is 35.8 Å². The van der Waals surface area contributed by atoms with E-state index in [1.165, 1.54) is 23.1 Å². The van der Waals surface area contributed by atoms with E-state index in [1.807, 2.05) is 0 Å². The molecule has 1 N–H and O–H groups in total. The number of anilines is 1. The lowest BCUT2D eigenvalue weighted by Crippen LogP contribution is -2.47. The Bertz CT molecular complexity index is 1190. The van der Waals surface area contributed by atoms with Crippen molar-refractivity contribution in [3.63, 3.8) is 0 Å². The summed E-state index contributed by atoms with van der Waals surface area (Å²) in [4.78, 5) is 27.9. The van der Waals surface area contributed by atoms with Crippen molar-refractivity contribution in [3.8, 4) is 0 Å². The average Bonchev–Trinajstić information content (AvgIpc) is 3.38. The van der Waals surface area contributed by atoms with Crippen molar-refractivity contribution in [3.05, 3.63) is 70.8 Å². The van der Waals surface area contributed by atoms with E-state index in [2.05, 4.69) is 5.32 Å². The van der Waals surface area contributed by atoms with Crippen LogP contribution in [0.25, 0.3) is 5.57 Å². The fourth-order valence-corrected chi connectivity index (χ4v) is 4.87. The molecule has 3 aliphatic rings. The number of hydrogen-bond acceptors (Lipinski definition) is 2. The van der Waals surface area contributed by atoms with Gasteiger partial charge >= 0.3 is 12.2 Å². The van der Waals surface area contributed by atoms with Crippen LogP contribution in [0.4, 0.5) is 32.4 Å². The lowest BCUT2D eigenvalue weighted by molar-refractivity contribution is -0.138. The molecule has 0 spiro atoms. The smallest absolute Gasteiger partial charge is 0.334 e. The van der Waals surface area contributed by atoms with Gasteiger partial charge in [-0.1, -0.05) is 24.3 Å². The average molecular weight is 463 g/mol. The van der Waals surface area contributed by atoms with E-state index >= 15 is 0 Å². The van der Waals surface area contributed by atoms with Crippen molar-refractivity contribution >= 4 is 23.2 Å². The molecule has 2 aliphatic heterocycles. The van der Waals surface area contributed by atoms with Crippen molar-refractivity contribution < 1.29 is 31.5 Å². The molecule has 2 atom stereocenters. The quantitative estimate of drug-likeness (QED) is 0.675. The van der Waals surface area contributed by atoms with Gasteiger partial charge < -0.3 is 15.1 Å². The Hall–Kier alpha value is -3.43. The largest absolute Gasteiger partial charge is 0.416 e. The second-order valence-corrected chi connectivity index (χ2v) is 8.39. The zero-order valence-corrected chi connectivity index (χ0v) is 17.1. The molecule has 1 fully saturated rings. The second kappa shape index (κ2) is 7.57. The van der Waals surface area contributed by atoms with Gasteiger partial charge in [0.2, 0.25) is 5.91 Å². The third kappa shape index (κ3) is 3.63. The summed E-state index contributed by atoms with van der Waals surface area (Å²) >= 11 is 0. The van der Waals surface area contributed by atoms with Crippen LogP contribution in [0.5, 0.6) is 0 Å². The molecule has 0 radical (unpaired) electrons. The molecule has 2 aromatic rings. The Labute approximate surface area is 185 Å². The molecule has 2 heterocycles. The molecule has 2 bridgehead atoms. The monoisotopic (exact) mass is 463 g/mol. The highest BCUT2D eigenvalue weighted by atomic mass is 19.4. The number of urea groups is 1. The number of alkyl halides is 3. The van der Waals surface area contributed by atoms with Gasteiger partial charge in [-0.15, -0.1) is 0 Å². The van der Waals surface area contributed by atoms with Gasteiger partial charge in [-0.2, -0.15) is 13.2 Å². The van der Waals surface area contributed by atoms with Crippen molar-refractivity contribution in [2.75, 3.05) is 18.4 Å². The van der Waals surface area contributed by atoms with Gasteiger partial charge in [0.05, 0.1) is 23.8 Å². The summed E-state index contributed by atoms with van der Waals surface area (Å²) in [5, 5.41) is 2.45. The van der Waals surface area contributed by atoms with E-state index in [1.54, 1.807) is 12.1 Å². The maximum Gasteiger partial charge on any atom is 0.416 e. The number of carbonyl (C=O) groups is 2. The summed E-state index contributed by atoms with van der Waals surface area (Å²) in [5.74, 6) is -2.78. The van der Waals surface area contributed by atoms with Gasteiger partial charge in [-0.3, -0.25) is 4.79 Å². The molecule has 5 nitrogen and oxygen atoms in total. The van der Waals surface area contributed by atoms with E-state index in [0.29, 0.717) is 12.0 Å². The van der Waals surface area contributed by atoms with Crippen molar-refractivity contribution in [1.29, 1.82) is 0 Å². The highest BCUT2D eigenvalue weighted by Gasteiger charge is 2.44. The van der Waals surface area contributed by atoms with Crippen LogP contribution >= 0.6 is 0 Å². The van der Waals surface area contributed by atoms with Gasteiger partial charge in [0.1, 0.15) is 6.54 Å². The van der Waals surface area contributed by atoms with Crippen molar-refractivity contribution in [1.82, 2.24) is 9.80 Å². The third-order valence-corrected chi connectivity index (χ3v) is 6.42. The first-order valence-corrected chi connectivity index (χ1v) is 10.3. The number of rotatable bonds is 3. The maximum absolute atomic E-state index is 14.1. The minimum Gasteiger partial charge on any atom is -0.334 e. The van der Waals surface area contributed by atoms with E-state index in [9.17, 15) is 31.5 Å². The second-order valence-electron chi connectivity index (χ2n) is 8.39. The summed E-state index contributed by atoms with van der Waals surface area (Å²) < 4.78 is 67.9. The van der Waals surface area contributed by atoms with Crippen molar-refractivity contribution in [2.45, 2.75) is 25.2 Å². The van der Waals surface area contributed by atoms with Crippen LogP contribution in [0.15, 0.2) is 42.5 Å². The van der Waals surface area contributed by atoms with E-state index < -0.39 is 35.3 Å². The van der Waals surface area contributed by atoms with E-state index in [4.69, 9.17) is 0 Å². The standard InChI is InChI=1S/C23H18F5N3O2/c24-18-5-6-19-16(21(18)25)10-30(22(33)29-19)11-20(32)31-9-12-7-13(31)8-15(12)14-3-1-2-4-17(14)23(26,27)28/h1-6,8,12-13H,7,9-11H2,(H,29,33)/t12-,13-/m1/s1.